The van der Waals surface area contributed by atoms with Gasteiger partial charge in [0.05, 0.1) is 12.5 Å². The fourth-order valence-electron chi connectivity index (χ4n) is 1.96. The van der Waals surface area contributed by atoms with Crippen LogP contribution in [0.1, 0.15) is 25.7 Å². The number of rotatable bonds is 4. The van der Waals surface area contributed by atoms with Crippen LogP contribution in [0, 0.1) is 0 Å². The van der Waals surface area contributed by atoms with Crippen molar-refractivity contribution in [3.05, 3.63) is 0 Å². The molecule has 1 aliphatic carbocycles. The second-order valence-corrected chi connectivity index (χ2v) is 7.84. The Morgan fingerprint density at radius 2 is 1.12 bits per heavy atom. The quantitative estimate of drug-likeness (QED) is 0.713. The van der Waals surface area contributed by atoms with Gasteiger partial charge in [-0.25, -0.2) is 26.3 Å². The van der Waals surface area contributed by atoms with Crippen molar-refractivity contribution in [2.45, 2.75) is 37.8 Å². The lowest BCUT2D eigenvalue weighted by Crippen LogP contribution is -2.52. The maximum Gasteiger partial charge on any atom is 0.209 e. The molecule has 0 spiro atoms. The lowest BCUT2D eigenvalue weighted by Gasteiger charge is -2.31. The number of hydrogen-bond acceptors (Lipinski definition) is 4. The highest BCUT2D eigenvalue weighted by molar-refractivity contribution is 7.89. The third-order valence-corrected chi connectivity index (χ3v) is 3.96. The summed E-state index contributed by atoms with van der Waals surface area (Å²) in [5.41, 5.74) is 0. The molecule has 0 unspecified atom stereocenters. The summed E-state index contributed by atoms with van der Waals surface area (Å²) in [6.45, 7) is 0. The van der Waals surface area contributed by atoms with E-state index in [-0.39, 0.29) is 12.1 Å². The minimum Gasteiger partial charge on any atom is -0.213 e. The molecule has 8 heteroatoms. The Morgan fingerprint density at radius 3 is 1.38 bits per heavy atom. The van der Waals surface area contributed by atoms with Gasteiger partial charge in [0.15, 0.2) is 0 Å². The monoisotopic (exact) mass is 270 g/mol. The SMILES string of the molecule is CS(=O)(=O)N[C@@H]1CCCC[C@H]1NS(C)(=O)=O. The fourth-order valence-corrected chi connectivity index (χ4v) is 3.63. The van der Waals surface area contributed by atoms with Gasteiger partial charge in [0.1, 0.15) is 0 Å². The van der Waals surface area contributed by atoms with E-state index < -0.39 is 20.0 Å². The van der Waals surface area contributed by atoms with Crippen LogP contribution in [0.4, 0.5) is 0 Å². The molecule has 0 aromatic carbocycles. The topological polar surface area (TPSA) is 92.3 Å². The third kappa shape index (κ3) is 5.24. The molecule has 2 N–H and O–H groups in total. The van der Waals surface area contributed by atoms with Crippen molar-refractivity contribution >= 4 is 20.0 Å². The summed E-state index contributed by atoms with van der Waals surface area (Å²) in [6.07, 6.45) is 5.32. The molecule has 1 rings (SSSR count). The first-order chi connectivity index (χ1) is 7.17. The number of hydrogen-bond donors (Lipinski definition) is 2. The first-order valence-electron chi connectivity index (χ1n) is 5.12. The highest BCUT2D eigenvalue weighted by Gasteiger charge is 2.29. The molecule has 1 saturated carbocycles. The molecular formula is C8H18N2O4S2. The Morgan fingerprint density at radius 1 is 0.812 bits per heavy atom. The van der Waals surface area contributed by atoms with E-state index in [4.69, 9.17) is 0 Å². The molecule has 0 radical (unpaired) electrons. The lowest BCUT2D eigenvalue weighted by atomic mass is 9.92. The normalized spacial score (nSPS) is 27.9. The number of sulfonamides is 2. The van der Waals surface area contributed by atoms with Crippen molar-refractivity contribution in [1.29, 1.82) is 0 Å². The van der Waals surface area contributed by atoms with Gasteiger partial charge in [-0.3, -0.25) is 0 Å². The van der Waals surface area contributed by atoms with Gasteiger partial charge >= 0.3 is 0 Å². The predicted molar refractivity (Wildman–Crippen MR) is 62.0 cm³/mol. The molecule has 0 amide bonds. The minimum absolute atomic E-state index is 0.335. The van der Waals surface area contributed by atoms with Gasteiger partial charge in [0.25, 0.3) is 0 Å². The van der Waals surface area contributed by atoms with Crippen LogP contribution >= 0.6 is 0 Å². The molecule has 0 saturated heterocycles. The van der Waals surface area contributed by atoms with Crippen LogP contribution in [0.25, 0.3) is 0 Å². The average Bonchev–Trinajstić information content (AvgIpc) is 2.03. The van der Waals surface area contributed by atoms with Crippen molar-refractivity contribution < 1.29 is 16.8 Å². The standard InChI is InChI=1S/C8H18N2O4S2/c1-15(11,12)9-7-5-3-4-6-8(7)10-16(2,13)14/h7-10H,3-6H2,1-2H3/t7-,8-/m1/s1. The largest absolute Gasteiger partial charge is 0.213 e. The van der Waals surface area contributed by atoms with Crippen molar-refractivity contribution in [2.24, 2.45) is 0 Å². The van der Waals surface area contributed by atoms with Gasteiger partial charge in [-0.15, -0.1) is 0 Å². The van der Waals surface area contributed by atoms with Crippen molar-refractivity contribution in [2.75, 3.05) is 12.5 Å². The highest BCUT2D eigenvalue weighted by atomic mass is 32.2. The zero-order chi connectivity index (χ0) is 12.4. The molecule has 6 nitrogen and oxygen atoms in total. The highest BCUT2D eigenvalue weighted by Crippen LogP contribution is 2.19. The summed E-state index contributed by atoms with van der Waals surface area (Å²) in [5, 5.41) is 0. The molecule has 0 aromatic heterocycles. The van der Waals surface area contributed by atoms with Crippen molar-refractivity contribution in [3.8, 4) is 0 Å². The second-order valence-electron chi connectivity index (χ2n) is 4.28. The van der Waals surface area contributed by atoms with E-state index in [1.165, 1.54) is 0 Å². The summed E-state index contributed by atoms with van der Waals surface area (Å²) >= 11 is 0. The molecule has 0 heterocycles. The maximum atomic E-state index is 11.1. The molecule has 0 bridgehead atoms. The summed E-state index contributed by atoms with van der Waals surface area (Å²) in [5.74, 6) is 0. The average molecular weight is 270 g/mol. The van der Waals surface area contributed by atoms with Crippen molar-refractivity contribution in [3.63, 3.8) is 0 Å². The maximum absolute atomic E-state index is 11.1. The van der Waals surface area contributed by atoms with Gasteiger partial charge in [-0.2, -0.15) is 0 Å². The molecule has 96 valence electrons. The molecule has 1 fully saturated rings. The summed E-state index contributed by atoms with van der Waals surface area (Å²) in [7, 11) is -6.59. The summed E-state index contributed by atoms with van der Waals surface area (Å²) in [6, 6.07) is -0.669. The smallest absolute Gasteiger partial charge is 0.209 e. The molecule has 1 aliphatic rings. The molecular weight excluding hydrogens is 252 g/mol. The molecule has 0 aromatic rings. The Labute approximate surface area is 96.9 Å². The van der Waals surface area contributed by atoms with Crippen LogP contribution in [0.3, 0.4) is 0 Å². The number of nitrogens with one attached hydrogen (secondary N) is 2. The van der Waals surface area contributed by atoms with Gasteiger partial charge in [0, 0.05) is 12.1 Å². The van der Waals surface area contributed by atoms with E-state index in [1.807, 2.05) is 0 Å². The third-order valence-electron chi connectivity index (χ3n) is 2.50. The van der Waals surface area contributed by atoms with E-state index in [0.29, 0.717) is 12.8 Å². The van der Waals surface area contributed by atoms with Crippen LogP contribution in [-0.2, 0) is 20.0 Å². The zero-order valence-electron chi connectivity index (χ0n) is 9.43. The van der Waals surface area contributed by atoms with Crippen LogP contribution in [0.5, 0.6) is 0 Å². The van der Waals surface area contributed by atoms with E-state index in [9.17, 15) is 16.8 Å². The lowest BCUT2D eigenvalue weighted by molar-refractivity contribution is 0.341. The second kappa shape index (κ2) is 4.99. The van der Waals surface area contributed by atoms with Crippen LogP contribution in [0.15, 0.2) is 0 Å². The fraction of sp³-hybridized carbons (Fsp3) is 1.00. The van der Waals surface area contributed by atoms with E-state index >= 15 is 0 Å². The molecule has 16 heavy (non-hydrogen) atoms. The molecule has 0 aliphatic heterocycles. The van der Waals surface area contributed by atoms with Crippen LogP contribution in [-0.4, -0.2) is 41.4 Å². The van der Waals surface area contributed by atoms with Gasteiger partial charge < -0.3 is 0 Å². The van der Waals surface area contributed by atoms with Gasteiger partial charge in [-0.05, 0) is 12.8 Å². The Balaban J connectivity index is 2.72. The van der Waals surface area contributed by atoms with Gasteiger partial charge in [-0.1, -0.05) is 12.8 Å². The van der Waals surface area contributed by atoms with Gasteiger partial charge in [0.2, 0.25) is 20.0 Å². The van der Waals surface area contributed by atoms with Crippen LogP contribution in [0.2, 0.25) is 0 Å². The Bertz CT molecular complexity index is 387. The Hall–Kier alpha value is -0.180. The zero-order valence-corrected chi connectivity index (χ0v) is 11.1. The first kappa shape index (κ1) is 13.9. The summed E-state index contributed by atoms with van der Waals surface area (Å²) < 4.78 is 49.4. The van der Waals surface area contributed by atoms with E-state index in [1.54, 1.807) is 0 Å². The predicted octanol–water partition coefficient (Wildman–Crippen LogP) is -0.604. The summed E-state index contributed by atoms with van der Waals surface area (Å²) in [4.78, 5) is 0. The first-order valence-corrected chi connectivity index (χ1v) is 8.90. The van der Waals surface area contributed by atoms with Crippen LogP contribution < -0.4 is 9.44 Å². The molecule has 2 atom stereocenters. The van der Waals surface area contributed by atoms with E-state index in [2.05, 4.69) is 9.44 Å². The minimum atomic E-state index is -3.30. The van der Waals surface area contributed by atoms with E-state index in [0.717, 1.165) is 25.4 Å². The Kier molecular flexibility index (Phi) is 4.33. The van der Waals surface area contributed by atoms with Crippen molar-refractivity contribution in [1.82, 2.24) is 9.44 Å².